The molecule has 0 heterocycles. The van der Waals surface area contributed by atoms with E-state index in [4.69, 9.17) is 4.74 Å². The molecule has 3 aromatic carbocycles. The van der Waals surface area contributed by atoms with Gasteiger partial charge in [-0.2, -0.15) is 0 Å². The first-order valence-electron chi connectivity index (χ1n) is 9.33. The summed E-state index contributed by atoms with van der Waals surface area (Å²) in [5.74, 6) is -2.77. The second-order valence-electron chi connectivity index (χ2n) is 6.28. The Morgan fingerprint density at radius 3 is 2.32 bits per heavy atom. The molecule has 0 aromatic heterocycles. The number of amides is 2. The minimum atomic E-state index is -0.813. The van der Waals surface area contributed by atoms with Crippen LogP contribution < -0.4 is 10.6 Å². The molecule has 0 atom stereocenters. The molecular weight excluding hydrogens is 419 g/mol. The Morgan fingerprint density at radius 2 is 1.55 bits per heavy atom. The van der Waals surface area contributed by atoms with Crippen molar-refractivity contribution in [3.05, 3.63) is 90.2 Å². The largest absolute Gasteiger partial charge is 0.454 e. The van der Waals surface area contributed by atoms with E-state index in [0.29, 0.717) is 5.69 Å². The number of benzene rings is 3. The first kappa shape index (κ1) is 22.0. The number of halogens is 1. The number of hydrogen-bond donors (Lipinski definition) is 2. The quantitative estimate of drug-likeness (QED) is 0.522. The summed E-state index contributed by atoms with van der Waals surface area (Å²) in [6.07, 6.45) is 0. The summed E-state index contributed by atoms with van der Waals surface area (Å²) in [4.78, 5) is 37.8. The summed E-state index contributed by atoms with van der Waals surface area (Å²) in [6.45, 7) is -1.00. The van der Waals surface area contributed by atoms with Crippen molar-refractivity contribution >= 4 is 35.2 Å². The third-order valence-corrected chi connectivity index (χ3v) is 5.09. The average Bonchev–Trinajstić information content (AvgIpc) is 2.78. The molecule has 0 radical (unpaired) electrons. The highest BCUT2D eigenvalue weighted by atomic mass is 32.2. The fourth-order valence-corrected chi connectivity index (χ4v) is 3.47. The van der Waals surface area contributed by atoms with Crippen LogP contribution in [0.2, 0.25) is 0 Å². The van der Waals surface area contributed by atoms with E-state index in [2.05, 4.69) is 10.6 Å². The highest BCUT2D eigenvalue weighted by Gasteiger charge is 2.14. The van der Waals surface area contributed by atoms with E-state index >= 15 is 0 Å². The number of carbonyl (C=O) groups excluding carboxylic acids is 3. The summed E-state index contributed by atoms with van der Waals surface area (Å²) in [5, 5.41) is 4.97. The smallest absolute Gasteiger partial charge is 0.325 e. The van der Waals surface area contributed by atoms with E-state index < -0.39 is 36.8 Å². The molecule has 3 rings (SSSR count). The highest BCUT2D eigenvalue weighted by Crippen LogP contribution is 2.33. The molecule has 0 saturated heterocycles. The summed E-state index contributed by atoms with van der Waals surface area (Å²) < 4.78 is 18.4. The minimum absolute atomic E-state index is 0.180. The molecule has 8 heteroatoms. The van der Waals surface area contributed by atoms with Crippen LogP contribution in [0.5, 0.6) is 0 Å². The molecule has 0 saturated carbocycles. The zero-order valence-electron chi connectivity index (χ0n) is 16.3. The molecule has 0 unspecified atom stereocenters. The van der Waals surface area contributed by atoms with E-state index in [9.17, 15) is 18.8 Å². The number of rotatable bonds is 8. The van der Waals surface area contributed by atoms with Crippen LogP contribution in [0, 0.1) is 5.82 Å². The normalized spacial score (nSPS) is 10.2. The SMILES string of the molecule is O=C(COC(=O)CNC(=O)c1ccccc1F)Nc1ccccc1Sc1ccccc1. The molecule has 2 amide bonds. The number of esters is 1. The fraction of sp³-hybridized carbons (Fsp3) is 0.0870. The lowest BCUT2D eigenvalue weighted by atomic mass is 10.2. The highest BCUT2D eigenvalue weighted by molar-refractivity contribution is 7.99. The molecule has 0 bridgehead atoms. The van der Waals surface area contributed by atoms with Gasteiger partial charge in [-0.05, 0) is 36.4 Å². The molecule has 3 aromatic rings. The van der Waals surface area contributed by atoms with Crippen LogP contribution >= 0.6 is 11.8 Å². The van der Waals surface area contributed by atoms with Gasteiger partial charge in [0.05, 0.1) is 11.3 Å². The van der Waals surface area contributed by atoms with Crippen LogP contribution in [0.25, 0.3) is 0 Å². The standard InChI is InChI=1S/C23H19FN2O4S/c24-18-11-5-4-10-17(18)23(29)25-14-22(28)30-15-21(27)26-19-12-6-7-13-20(19)31-16-8-2-1-3-9-16/h1-13H,14-15H2,(H,25,29)(H,26,27). The van der Waals surface area contributed by atoms with Crippen molar-refractivity contribution in [1.82, 2.24) is 5.32 Å². The molecule has 6 nitrogen and oxygen atoms in total. The van der Waals surface area contributed by atoms with Crippen molar-refractivity contribution in [2.24, 2.45) is 0 Å². The zero-order chi connectivity index (χ0) is 22.1. The van der Waals surface area contributed by atoms with Crippen molar-refractivity contribution in [1.29, 1.82) is 0 Å². The van der Waals surface area contributed by atoms with Gasteiger partial charge in [0.2, 0.25) is 0 Å². The maximum atomic E-state index is 13.6. The average molecular weight is 438 g/mol. The number of hydrogen-bond acceptors (Lipinski definition) is 5. The maximum absolute atomic E-state index is 13.6. The fourth-order valence-electron chi connectivity index (χ4n) is 2.55. The number of anilines is 1. The lowest BCUT2D eigenvalue weighted by Crippen LogP contribution is -2.32. The zero-order valence-corrected chi connectivity index (χ0v) is 17.2. The Kier molecular flexibility index (Phi) is 7.78. The lowest BCUT2D eigenvalue weighted by Gasteiger charge is -2.11. The van der Waals surface area contributed by atoms with Gasteiger partial charge in [0, 0.05) is 9.79 Å². The van der Waals surface area contributed by atoms with Gasteiger partial charge in [0.25, 0.3) is 11.8 Å². The van der Waals surface area contributed by atoms with Gasteiger partial charge >= 0.3 is 5.97 Å². The van der Waals surface area contributed by atoms with E-state index in [1.165, 1.54) is 30.0 Å². The third kappa shape index (κ3) is 6.68. The summed E-state index contributed by atoms with van der Waals surface area (Å²) in [5.41, 5.74) is 0.408. The van der Waals surface area contributed by atoms with E-state index in [0.717, 1.165) is 15.9 Å². The monoisotopic (exact) mass is 438 g/mol. The van der Waals surface area contributed by atoms with E-state index in [1.807, 2.05) is 42.5 Å². The number of ether oxygens (including phenoxy) is 1. The topological polar surface area (TPSA) is 84.5 Å². The van der Waals surface area contributed by atoms with Crippen molar-refractivity contribution < 1.29 is 23.5 Å². The summed E-state index contributed by atoms with van der Waals surface area (Å²) >= 11 is 1.49. The summed E-state index contributed by atoms with van der Waals surface area (Å²) in [6, 6.07) is 22.4. The van der Waals surface area contributed by atoms with Crippen molar-refractivity contribution in [2.75, 3.05) is 18.5 Å². The van der Waals surface area contributed by atoms with Crippen LogP contribution in [-0.2, 0) is 14.3 Å². The van der Waals surface area contributed by atoms with Gasteiger partial charge in [-0.1, -0.05) is 54.2 Å². The van der Waals surface area contributed by atoms with Gasteiger partial charge < -0.3 is 15.4 Å². The Balaban J connectivity index is 1.47. The molecule has 0 aliphatic rings. The molecule has 0 aliphatic heterocycles. The predicted molar refractivity (Wildman–Crippen MR) is 115 cm³/mol. The van der Waals surface area contributed by atoms with Gasteiger partial charge in [0.15, 0.2) is 6.61 Å². The van der Waals surface area contributed by atoms with Crippen LogP contribution in [0.3, 0.4) is 0 Å². The Morgan fingerprint density at radius 1 is 0.871 bits per heavy atom. The second-order valence-corrected chi connectivity index (χ2v) is 7.40. The van der Waals surface area contributed by atoms with E-state index in [1.54, 1.807) is 12.1 Å². The van der Waals surface area contributed by atoms with Gasteiger partial charge in [-0.3, -0.25) is 14.4 Å². The molecule has 2 N–H and O–H groups in total. The minimum Gasteiger partial charge on any atom is -0.454 e. The van der Waals surface area contributed by atoms with Gasteiger partial charge in [-0.15, -0.1) is 0 Å². The Bertz CT molecular complexity index is 1080. The number of para-hydroxylation sites is 1. The van der Waals surface area contributed by atoms with Crippen molar-refractivity contribution in [3.8, 4) is 0 Å². The van der Waals surface area contributed by atoms with Crippen LogP contribution in [0.1, 0.15) is 10.4 Å². The van der Waals surface area contributed by atoms with Crippen molar-refractivity contribution in [2.45, 2.75) is 9.79 Å². The maximum Gasteiger partial charge on any atom is 0.325 e. The Labute approximate surface area is 182 Å². The van der Waals surface area contributed by atoms with Gasteiger partial charge in [0.1, 0.15) is 12.4 Å². The number of nitrogens with one attached hydrogen (secondary N) is 2. The van der Waals surface area contributed by atoms with Crippen LogP contribution in [-0.4, -0.2) is 30.9 Å². The third-order valence-electron chi connectivity index (χ3n) is 4.01. The Hall–Kier alpha value is -3.65. The lowest BCUT2D eigenvalue weighted by molar-refractivity contribution is -0.146. The number of carbonyl (C=O) groups is 3. The second kappa shape index (κ2) is 10.9. The van der Waals surface area contributed by atoms with Crippen LogP contribution in [0.4, 0.5) is 10.1 Å². The molecule has 0 fully saturated rings. The van der Waals surface area contributed by atoms with Gasteiger partial charge in [-0.25, -0.2) is 4.39 Å². The van der Waals surface area contributed by atoms with Crippen LogP contribution in [0.15, 0.2) is 88.7 Å². The molecule has 158 valence electrons. The first-order valence-corrected chi connectivity index (χ1v) is 10.1. The molecule has 31 heavy (non-hydrogen) atoms. The van der Waals surface area contributed by atoms with E-state index in [-0.39, 0.29) is 5.56 Å². The summed E-state index contributed by atoms with van der Waals surface area (Å²) in [7, 11) is 0. The molecular formula is C23H19FN2O4S. The first-order chi connectivity index (χ1) is 15.0. The van der Waals surface area contributed by atoms with Crippen molar-refractivity contribution in [3.63, 3.8) is 0 Å². The molecule has 0 spiro atoms. The molecule has 0 aliphatic carbocycles. The predicted octanol–water partition coefficient (Wildman–Crippen LogP) is 3.89.